The summed E-state index contributed by atoms with van der Waals surface area (Å²) in [5, 5.41) is 4.32. The summed E-state index contributed by atoms with van der Waals surface area (Å²) in [6.45, 7) is 0. The molecule has 112 valence electrons. The molecule has 20 heavy (non-hydrogen) atoms. The molecular weight excluding hydrogens is 270 g/mol. The third kappa shape index (κ3) is 3.16. The molecule has 1 unspecified atom stereocenters. The molecule has 1 heterocycles. The van der Waals surface area contributed by atoms with E-state index in [1.165, 1.54) is 37.7 Å². The molecule has 0 saturated heterocycles. The van der Waals surface area contributed by atoms with Gasteiger partial charge in [-0.05, 0) is 52.0 Å². The van der Waals surface area contributed by atoms with E-state index >= 15 is 0 Å². The van der Waals surface area contributed by atoms with Crippen LogP contribution in [0.5, 0.6) is 0 Å². The van der Waals surface area contributed by atoms with Gasteiger partial charge in [0.25, 0.3) is 0 Å². The summed E-state index contributed by atoms with van der Waals surface area (Å²) in [6.07, 6.45) is 11.0. The molecular formula is C16H26ClN3. The monoisotopic (exact) mass is 295 g/mol. The van der Waals surface area contributed by atoms with Crippen molar-refractivity contribution in [2.75, 3.05) is 21.1 Å². The average Bonchev–Trinajstić information content (AvgIpc) is 2.47. The third-order valence-corrected chi connectivity index (χ3v) is 5.23. The first-order chi connectivity index (χ1) is 9.60. The molecule has 1 atom stereocenters. The van der Waals surface area contributed by atoms with E-state index in [2.05, 4.69) is 36.3 Å². The lowest BCUT2D eigenvalue weighted by atomic mass is 9.73. The summed E-state index contributed by atoms with van der Waals surface area (Å²) in [4.78, 5) is 6.50. The Balaban J connectivity index is 2.23. The Bertz CT molecular complexity index is 427. The zero-order valence-electron chi connectivity index (χ0n) is 12.8. The van der Waals surface area contributed by atoms with Crippen molar-refractivity contribution in [1.29, 1.82) is 0 Å². The zero-order valence-corrected chi connectivity index (χ0v) is 13.6. The smallest absolute Gasteiger partial charge is 0.0621 e. The molecule has 0 aliphatic heterocycles. The highest BCUT2D eigenvalue weighted by atomic mass is 35.5. The minimum Gasteiger partial charge on any atom is -0.315 e. The number of halogens is 1. The summed E-state index contributed by atoms with van der Waals surface area (Å²) in [5.74, 6) is 0. The van der Waals surface area contributed by atoms with Crippen molar-refractivity contribution < 1.29 is 0 Å². The van der Waals surface area contributed by atoms with Crippen molar-refractivity contribution in [1.82, 2.24) is 15.2 Å². The van der Waals surface area contributed by atoms with Gasteiger partial charge in [0.2, 0.25) is 0 Å². The Morgan fingerprint density at radius 1 is 1.35 bits per heavy atom. The van der Waals surface area contributed by atoms with Crippen LogP contribution in [-0.2, 0) is 6.42 Å². The quantitative estimate of drug-likeness (QED) is 0.904. The largest absolute Gasteiger partial charge is 0.315 e. The van der Waals surface area contributed by atoms with Gasteiger partial charge in [-0.25, -0.2) is 0 Å². The van der Waals surface area contributed by atoms with E-state index in [0.29, 0.717) is 6.04 Å². The SMILES string of the molecule is CNC(Cc1ccncc1Cl)C1(N(C)C)CCCCC1. The second kappa shape index (κ2) is 6.88. The predicted octanol–water partition coefficient (Wildman–Crippen LogP) is 3.13. The van der Waals surface area contributed by atoms with Crippen LogP contribution in [0.1, 0.15) is 37.7 Å². The van der Waals surface area contributed by atoms with Gasteiger partial charge in [0.1, 0.15) is 0 Å². The molecule has 1 saturated carbocycles. The minimum atomic E-state index is 0.236. The lowest BCUT2D eigenvalue weighted by Gasteiger charge is -2.48. The first-order valence-electron chi connectivity index (χ1n) is 7.53. The molecule has 1 aromatic rings. The first kappa shape index (κ1) is 15.7. The van der Waals surface area contributed by atoms with E-state index in [-0.39, 0.29) is 5.54 Å². The van der Waals surface area contributed by atoms with E-state index in [9.17, 15) is 0 Å². The van der Waals surface area contributed by atoms with Gasteiger partial charge in [0, 0.05) is 24.0 Å². The van der Waals surface area contributed by atoms with E-state index in [4.69, 9.17) is 11.6 Å². The molecule has 0 spiro atoms. The summed E-state index contributed by atoms with van der Waals surface area (Å²) in [7, 11) is 6.49. The highest BCUT2D eigenvalue weighted by molar-refractivity contribution is 6.31. The van der Waals surface area contributed by atoms with Gasteiger partial charge in [0.15, 0.2) is 0 Å². The van der Waals surface area contributed by atoms with Crippen LogP contribution in [0.15, 0.2) is 18.5 Å². The number of hydrogen-bond donors (Lipinski definition) is 1. The van der Waals surface area contributed by atoms with Gasteiger partial charge in [-0.2, -0.15) is 0 Å². The molecule has 0 amide bonds. The third-order valence-electron chi connectivity index (χ3n) is 4.89. The minimum absolute atomic E-state index is 0.236. The number of likely N-dealkylation sites (N-methyl/N-ethyl adjacent to an activating group) is 2. The topological polar surface area (TPSA) is 28.2 Å². The summed E-state index contributed by atoms with van der Waals surface area (Å²) < 4.78 is 0. The van der Waals surface area contributed by atoms with Gasteiger partial charge in [0.05, 0.1) is 5.02 Å². The fraction of sp³-hybridized carbons (Fsp3) is 0.688. The Kier molecular flexibility index (Phi) is 5.42. The number of hydrogen-bond acceptors (Lipinski definition) is 3. The maximum Gasteiger partial charge on any atom is 0.0621 e. The number of nitrogens with one attached hydrogen (secondary N) is 1. The van der Waals surface area contributed by atoms with Crippen LogP contribution in [0.25, 0.3) is 0 Å². The Morgan fingerprint density at radius 2 is 2.05 bits per heavy atom. The maximum atomic E-state index is 6.29. The van der Waals surface area contributed by atoms with Crippen LogP contribution >= 0.6 is 11.6 Å². The maximum absolute atomic E-state index is 6.29. The first-order valence-corrected chi connectivity index (χ1v) is 7.91. The van der Waals surface area contributed by atoms with E-state index in [1.54, 1.807) is 6.20 Å². The van der Waals surface area contributed by atoms with Crippen molar-refractivity contribution in [3.8, 4) is 0 Å². The van der Waals surface area contributed by atoms with Crippen LogP contribution in [0, 0.1) is 0 Å². The summed E-state index contributed by atoms with van der Waals surface area (Å²) in [6, 6.07) is 2.46. The normalized spacial score (nSPS) is 20.1. The molecule has 4 heteroatoms. The fourth-order valence-corrected chi connectivity index (χ4v) is 3.82. The standard InChI is InChI=1S/C16H26ClN3/c1-18-15(11-13-7-10-19-12-14(13)17)16(20(2)3)8-5-4-6-9-16/h7,10,12,15,18H,4-6,8-9,11H2,1-3H3. The molecule has 3 nitrogen and oxygen atoms in total. The zero-order chi connectivity index (χ0) is 14.6. The molecule has 1 aliphatic rings. The molecule has 2 rings (SSSR count). The molecule has 0 bridgehead atoms. The number of pyridine rings is 1. The van der Waals surface area contributed by atoms with Crippen molar-refractivity contribution in [2.45, 2.75) is 50.1 Å². The summed E-state index contributed by atoms with van der Waals surface area (Å²) in [5.41, 5.74) is 1.42. The van der Waals surface area contributed by atoms with Crippen molar-refractivity contribution in [3.63, 3.8) is 0 Å². The van der Waals surface area contributed by atoms with Gasteiger partial charge in [-0.1, -0.05) is 30.9 Å². The summed E-state index contributed by atoms with van der Waals surface area (Å²) >= 11 is 6.29. The van der Waals surface area contributed by atoms with Crippen LogP contribution < -0.4 is 5.32 Å². The molecule has 1 fully saturated rings. The molecule has 0 radical (unpaired) electrons. The highest BCUT2D eigenvalue weighted by Crippen LogP contribution is 2.36. The Hall–Kier alpha value is -0.640. The van der Waals surface area contributed by atoms with Crippen LogP contribution in [-0.4, -0.2) is 42.6 Å². The van der Waals surface area contributed by atoms with Crippen LogP contribution in [0.3, 0.4) is 0 Å². The van der Waals surface area contributed by atoms with Gasteiger partial charge in [-0.3, -0.25) is 4.98 Å². The fourth-order valence-electron chi connectivity index (χ4n) is 3.62. The lowest BCUT2D eigenvalue weighted by molar-refractivity contribution is 0.0598. The Morgan fingerprint density at radius 3 is 2.60 bits per heavy atom. The molecule has 1 aliphatic carbocycles. The van der Waals surface area contributed by atoms with E-state index < -0.39 is 0 Å². The van der Waals surface area contributed by atoms with Crippen molar-refractivity contribution >= 4 is 11.6 Å². The van der Waals surface area contributed by atoms with Crippen LogP contribution in [0.4, 0.5) is 0 Å². The lowest BCUT2D eigenvalue weighted by Crippen LogP contribution is -2.60. The highest BCUT2D eigenvalue weighted by Gasteiger charge is 2.41. The van der Waals surface area contributed by atoms with Crippen molar-refractivity contribution in [3.05, 3.63) is 29.0 Å². The average molecular weight is 296 g/mol. The number of rotatable bonds is 5. The van der Waals surface area contributed by atoms with E-state index in [0.717, 1.165) is 11.4 Å². The number of nitrogens with zero attached hydrogens (tertiary/aromatic N) is 2. The van der Waals surface area contributed by atoms with E-state index in [1.807, 2.05) is 12.3 Å². The Labute approximate surface area is 127 Å². The second-order valence-electron chi connectivity index (χ2n) is 6.07. The van der Waals surface area contributed by atoms with Crippen molar-refractivity contribution in [2.24, 2.45) is 0 Å². The van der Waals surface area contributed by atoms with Gasteiger partial charge < -0.3 is 10.2 Å². The predicted molar refractivity (Wildman–Crippen MR) is 85.3 cm³/mol. The van der Waals surface area contributed by atoms with Gasteiger partial charge in [-0.15, -0.1) is 0 Å². The number of aromatic nitrogens is 1. The van der Waals surface area contributed by atoms with Gasteiger partial charge >= 0.3 is 0 Å². The molecule has 0 aromatic carbocycles. The molecule has 1 N–H and O–H groups in total. The van der Waals surface area contributed by atoms with Crippen LogP contribution in [0.2, 0.25) is 5.02 Å². The molecule has 1 aromatic heterocycles. The second-order valence-corrected chi connectivity index (χ2v) is 6.48.